The molecule has 0 saturated heterocycles. The first-order valence-electron chi connectivity index (χ1n) is 9.71. The number of allylic oxidation sites excluding steroid dienone is 1. The van der Waals surface area contributed by atoms with Crippen LogP contribution in [0.4, 0.5) is 11.5 Å². The van der Waals surface area contributed by atoms with Gasteiger partial charge in [0.15, 0.2) is 0 Å². The number of para-hydroxylation sites is 1. The monoisotopic (exact) mass is 437 g/mol. The molecule has 0 fully saturated rings. The third kappa shape index (κ3) is 3.57. The average molecular weight is 438 g/mol. The predicted molar refractivity (Wildman–Crippen MR) is 121 cm³/mol. The second kappa shape index (κ2) is 7.92. The Morgan fingerprint density at radius 1 is 1.03 bits per heavy atom. The van der Waals surface area contributed by atoms with Gasteiger partial charge in [0.25, 0.3) is 5.56 Å². The summed E-state index contributed by atoms with van der Waals surface area (Å²) < 4.78 is 2.48. The summed E-state index contributed by atoms with van der Waals surface area (Å²) in [6, 6.07) is 16.4. The number of hydrogen-bond acceptors (Lipinski definition) is 3. The van der Waals surface area contributed by atoms with Crippen molar-refractivity contribution in [3.63, 3.8) is 0 Å². The van der Waals surface area contributed by atoms with E-state index in [-0.39, 0.29) is 5.90 Å². The summed E-state index contributed by atoms with van der Waals surface area (Å²) >= 11 is 6.09. The van der Waals surface area contributed by atoms with Crippen LogP contribution in [0.1, 0.15) is 24.0 Å². The minimum absolute atomic E-state index is 0.0855. The molecule has 0 aliphatic carbocycles. The van der Waals surface area contributed by atoms with Crippen molar-refractivity contribution in [2.24, 2.45) is 14.1 Å². The molecule has 3 aromatic rings. The number of fused-ring (bicyclic) bond motifs is 1. The lowest BCUT2D eigenvalue weighted by atomic mass is 9.82. The minimum atomic E-state index is -0.616. The van der Waals surface area contributed by atoms with E-state index in [1.807, 2.05) is 42.5 Å². The van der Waals surface area contributed by atoms with Gasteiger partial charge in [-0.1, -0.05) is 41.9 Å². The van der Waals surface area contributed by atoms with Gasteiger partial charge in [-0.3, -0.25) is 13.9 Å². The van der Waals surface area contributed by atoms with Gasteiger partial charge in [0, 0.05) is 36.9 Å². The molecule has 0 spiro atoms. The third-order valence-electron chi connectivity index (χ3n) is 5.48. The Bertz CT molecular complexity index is 1340. The zero-order chi connectivity index (χ0) is 22.3. The van der Waals surface area contributed by atoms with Crippen molar-refractivity contribution in [1.29, 1.82) is 0 Å². The van der Waals surface area contributed by atoms with Gasteiger partial charge in [-0.05, 0) is 24.6 Å². The second-order valence-electron chi connectivity index (χ2n) is 7.46. The van der Waals surface area contributed by atoms with E-state index in [4.69, 9.17) is 11.6 Å². The van der Waals surface area contributed by atoms with E-state index in [2.05, 4.69) is 10.3 Å². The Morgan fingerprint density at radius 3 is 2.32 bits per heavy atom. The molecule has 3 N–H and O–H groups in total. The standard InChI is InChI=1S/C23H21ClN4O3/c1-13-17(21(29)26-16-7-5-4-6-8-16)18(14-9-11-15(24)12-10-14)19-20(25-13)27(2)23(31)28(3)22(19)30/h4-12,18,25H,1-3H3,(H,26,29)/p+1. The molecule has 158 valence electrons. The third-order valence-corrected chi connectivity index (χ3v) is 5.73. The lowest BCUT2D eigenvalue weighted by Gasteiger charge is -2.29. The van der Waals surface area contributed by atoms with Crippen molar-refractivity contribution in [2.45, 2.75) is 12.8 Å². The van der Waals surface area contributed by atoms with Crippen LogP contribution in [0.15, 0.2) is 75.5 Å². The lowest BCUT2D eigenvalue weighted by Crippen LogP contribution is -2.67. The van der Waals surface area contributed by atoms with Crippen LogP contribution in [0.25, 0.3) is 0 Å². The zero-order valence-corrected chi connectivity index (χ0v) is 18.1. The number of anilines is 1. The number of hydrogen-bond donors (Lipinski definition) is 3. The van der Waals surface area contributed by atoms with Crippen LogP contribution < -0.4 is 21.6 Å². The molecule has 1 aliphatic heterocycles. The van der Waals surface area contributed by atoms with Gasteiger partial charge in [-0.2, -0.15) is 4.99 Å². The molecule has 0 bridgehead atoms. The molecule has 8 heteroatoms. The maximum absolute atomic E-state index is 13.2. The quantitative estimate of drug-likeness (QED) is 0.431. The number of benzene rings is 2. The fourth-order valence-electron chi connectivity index (χ4n) is 3.92. The summed E-state index contributed by atoms with van der Waals surface area (Å²) in [6.45, 7) is 1.80. The number of aliphatic hydroxyl groups is 1. The van der Waals surface area contributed by atoms with Crippen LogP contribution in [0, 0.1) is 0 Å². The van der Waals surface area contributed by atoms with Crippen LogP contribution in [0.2, 0.25) is 5.02 Å². The van der Waals surface area contributed by atoms with Crippen molar-refractivity contribution in [3.8, 4) is 0 Å². The summed E-state index contributed by atoms with van der Waals surface area (Å²) in [4.78, 5) is 28.7. The highest BCUT2D eigenvalue weighted by Gasteiger charge is 2.38. The molecule has 0 amide bonds. The molecule has 1 atom stereocenters. The molecule has 2 aromatic carbocycles. The average Bonchev–Trinajstić information content (AvgIpc) is 2.76. The Labute approximate surface area is 183 Å². The summed E-state index contributed by atoms with van der Waals surface area (Å²) in [5.41, 5.74) is 2.11. The molecule has 1 unspecified atom stereocenters. The largest absolute Gasteiger partial charge is 0.460 e. The first-order valence-corrected chi connectivity index (χ1v) is 10.1. The van der Waals surface area contributed by atoms with E-state index >= 15 is 0 Å². The molecule has 2 heterocycles. The second-order valence-corrected chi connectivity index (χ2v) is 7.89. The van der Waals surface area contributed by atoms with Crippen molar-refractivity contribution in [1.82, 2.24) is 9.13 Å². The molecule has 7 nitrogen and oxygen atoms in total. The highest BCUT2D eigenvalue weighted by atomic mass is 35.5. The molecule has 0 radical (unpaired) electrons. The highest BCUT2D eigenvalue weighted by Crippen LogP contribution is 2.39. The van der Waals surface area contributed by atoms with E-state index in [1.165, 1.54) is 11.6 Å². The first kappa shape index (κ1) is 20.7. The summed E-state index contributed by atoms with van der Waals surface area (Å²) in [7, 11) is 3.05. The predicted octanol–water partition coefficient (Wildman–Crippen LogP) is 1.94. The van der Waals surface area contributed by atoms with Gasteiger partial charge in [0.1, 0.15) is 5.82 Å². The summed E-state index contributed by atoms with van der Waals surface area (Å²) in [5.74, 6) is -0.297. The number of halogens is 1. The van der Waals surface area contributed by atoms with Crippen LogP contribution in [0.3, 0.4) is 0 Å². The van der Waals surface area contributed by atoms with Crippen LogP contribution in [-0.4, -0.2) is 20.1 Å². The van der Waals surface area contributed by atoms with E-state index in [9.17, 15) is 14.7 Å². The van der Waals surface area contributed by atoms with E-state index in [0.717, 1.165) is 10.1 Å². The molecule has 1 aliphatic rings. The molecular weight excluding hydrogens is 416 g/mol. The maximum Gasteiger partial charge on any atom is 0.370 e. The Balaban J connectivity index is 2.01. The molecule has 31 heavy (non-hydrogen) atoms. The molecule has 0 saturated carbocycles. The Hall–Kier alpha value is -3.58. The number of aliphatic hydroxyl groups excluding tert-OH is 1. The van der Waals surface area contributed by atoms with Crippen LogP contribution in [0.5, 0.6) is 0 Å². The minimum Gasteiger partial charge on any atom is -0.460 e. The number of nitrogens with zero attached hydrogens (tertiary/aromatic N) is 2. The van der Waals surface area contributed by atoms with Crippen molar-refractivity contribution in [2.75, 3.05) is 5.32 Å². The van der Waals surface area contributed by atoms with Crippen LogP contribution >= 0.6 is 11.6 Å². The van der Waals surface area contributed by atoms with Gasteiger partial charge < -0.3 is 10.4 Å². The van der Waals surface area contributed by atoms with Gasteiger partial charge >= 0.3 is 11.6 Å². The first-order chi connectivity index (χ1) is 14.8. The van der Waals surface area contributed by atoms with E-state index in [1.54, 1.807) is 26.1 Å². The lowest BCUT2D eigenvalue weighted by molar-refractivity contribution is -0.365. The van der Waals surface area contributed by atoms with E-state index < -0.39 is 17.2 Å². The van der Waals surface area contributed by atoms with Gasteiger partial charge in [0.05, 0.1) is 17.1 Å². The topological polar surface area (TPSA) is 90.2 Å². The molecular formula is C23H22ClN4O3+. The SMILES string of the molecule is CC1=C(C(O)=[NH+]c2ccccc2)C(c2ccc(Cl)cc2)c2c(n(C)c(=O)n(C)c2=O)N1. The van der Waals surface area contributed by atoms with Gasteiger partial charge in [0.2, 0.25) is 5.69 Å². The summed E-state index contributed by atoms with van der Waals surface area (Å²) in [6.07, 6.45) is 0. The highest BCUT2D eigenvalue weighted by molar-refractivity contribution is 6.30. The fraction of sp³-hybridized carbons (Fsp3) is 0.174. The number of nitrogens with one attached hydrogen (secondary N) is 2. The number of rotatable bonds is 3. The van der Waals surface area contributed by atoms with Crippen LogP contribution in [-0.2, 0) is 14.1 Å². The maximum atomic E-state index is 13.2. The Kier molecular flexibility index (Phi) is 5.29. The molecule has 1 aromatic heterocycles. The van der Waals surface area contributed by atoms with E-state index in [0.29, 0.717) is 33.4 Å². The summed E-state index contributed by atoms with van der Waals surface area (Å²) in [5, 5.41) is 14.8. The normalized spacial score (nSPS) is 16.1. The smallest absolute Gasteiger partial charge is 0.370 e. The van der Waals surface area contributed by atoms with Crippen molar-refractivity contribution in [3.05, 3.63) is 103 Å². The van der Waals surface area contributed by atoms with Gasteiger partial charge in [-0.25, -0.2) is 4.79 Å². The molecule has 4 rings (SSSR count). The van der Waals surface area contributed by atoms with Crippen molar-refractivity contribution >= 4 is 29.0 Å². The van der Waals surface area contributed by atoms with Gasteiger partial charge in [-0.15, -0.1) is 0 Å². The zero-order valence-electron chi connectivity index (χ0n) is 17.3. The number of aromatic nitrogens is 2. The van der Waals surface area contributed by atoms with Crippen molar-refractivity contribution < 1.29 is 10.1 Å². The fourth-order valence-corrected chi connectivity index (χ4v) is 4.04. The Morgan fingerprint density at radius 2 is 1.68 bits per heavy atom.